The van der Waals surface area contributed by atoms with Crippen molar-refractivity contribution < 1.29 is 14.1 Å². The van der Waals surface area contributed by atoms with E-state index in [2.05, 4.69) is 15.9 Å². The predicted octanol–water partition coefficient (Wildman–Crippen LogP) is 5.74. The maximum absolute atomic E-state index is 13.4. The van der Waals surface area contributed by atoms with Crippen LogP contribution in [0.4, 0.5) is 10.1 Å². The Kier molecular flexibility index (Phi) is 4.51. The molecule has 0 unspecified atom stereocenters. The number of hydrazone groups is 1. The summed E-state index contributed by atoms with van der Waals surface area (Å²) in [6.07, 6.45) is 0.00525. The highest BCUT2D eigenvalue weighted by Crippen LogP contribution is 2.48. The number of nitro benzene ring substituents is 1. The van der Waals surface area contributed by atoms with Crippen LogP contribution in [-0.4, -0.2) is 15.6 Å². The van der Waals surface area contributed by atoms with Crippen LogP contribution in [0, 0.1) is 15.9 Å². The Morgan fingerprint density at radius 1 is 1.13 bits per heavy atom. The first kappa shape index (κ1) is 18.7. The molecule has 0 N–H and O–H groups in total. The SMILES string of the molecule is O=[N+]([O-])c1cccc([C@H]2Oc3ccc(Br)cc3[C@H]3CC(c4ccc(F)cc4)=NN32)c1. The maximum atomic E-state index is 13.4. The van der Waals surface area contributed by atoms with Crippen LogP contribution in [0.15, 0.2) is 76.3 Å². The summed E-state index contributed by atoms with van der Waals surface area (Å²) >= 11 is 3.51. The van der Waals surface area contributed by atoms with Gasteiger partial charge in [-0.3, -0.25) is 10.1 Å². The van der Waals surface area contributed by atoms with Gasteiger partial charge in [0.05, 0.1) is 16.7 Å². The lowest BCUT2D eigenvalue weighted by Crippen LogP contribution is -2.33. The molecule has 6 nitrogen and oxygen atoms in total. The summed E-state index contributed by atoms with van der Waals surface area (Å²) in [5.74, 6) is 0.411. The number of ether oxygens (including phenoxy) is 1. The fraction of sp³-hybridized carbons (Fsp3) is 0.136. The van der Waals surface area contributed by atoms with E-state index in [0.29, 0.717) is 17.7 Å². The molecule has 0 spiro atoms. The van der Waals surface area contributed by atoms with Crippen molar-refractivity contribution in [2.75, 3.05) is 0 Å². The highest BCUT2D eigenvalue weighted by molar-refractivity contribution is 9.10. The number of halogens is 2. The zero-order chi connectivity index (χ0) is 20.8. The molecule has 2 heterocycles. The summed E-state index contributed by atoms with van der Waals surface area (Å²) < 4.78 is 20.5. The van der Waals surface area contributed by atoms with Crippen LogP contribution in [0.1, 0.15) is 35.4 Å². The largest absolute Gasteiger partial charge is 0.464 e. The van der Waals surface area contributed by atoms with Crippen LogP contribution in [0.3, 0.4) is 0 Å². The average molecular weight is 468 g/mol. The van der Waals surface area contributed by atoms with Crippen LogP contribution >= 0.6 is 15.9 Å². The van der Waals surface area contributed by atoms with Gasteiger partial charge in [0.1, 0.15) is 11.6 Å². The number of nitro groups is 1. The lowest BCUT2D eigenvalue weighted by molar-refractivity contribution is -0.385. The molecule has 0 amide bonds. The van der Waals surface area contributed by atoms with Crippen molar-refractivity contribution in [3.8, 4) is 5.75 Å². The fourth-order valence-electron chi connectivity index (χ4n) is 3.89. The molecule has 8 heteroatoms. The van der Waals surface area contributed by atoms with Crippen LogP contribution in [-0.2, 0) is 0 Å². The molecule has 2 aliphatic heterocycles. The quantitative estimate of drug-likeness (QED) is 0.363. The molecule has 0 fully saturated rings. The van der Waals surface area contributed by atoms with E-state index in [1.54, 1.807) is 24.3 Å². The third kappa shape index (κ3) is 3.23. The molecule has 0 saturated heterocycles. The molecule has 3 aromatic carbocycles. The van der Waals surface area contributed by atoms with E-state index in [0.717, 1.165) is 21.3 Å². The molecule has 0 bridgehead atoms. The molecular formula is C22H15BrFN3O3. The lowest BCUT2D eigenvalue weighted by atomic mass is 9.96. The Morgan fingerprint density at radius 3 is 2.70 bits per heavy atom. The average Bonchev–Trinajstić information content (AvgIpc) is 3.19. The molecule has 0 saturated carbocycles. The Morgan fingerprint density at radius 2 is 1.93 bits per heavy atom. The van der Waals surface area contributed by atoms with Gasteiger partial charge in [-0.2, -0.15) is 5.10 Å². The highest BCUT2D eigenvalue weighted by atomic mass is 79.9. The Labute approximate surface area is 179 Å². The van der Waals surface area contributed by atoms with Gasteiger partial charge in [-0.05, 0) is 35.9 Å². The van der Waals surface area contributed by atoms with Gasteiger partial charge < -0.3 is 4.74 Å². The Hall–Kier alpha value is -3.26. The van der Waals surface area contributed by atoms with E-state index < -0.39 is 11.2 Å². The molecule has 2 atom stereocenters. The number of fused-ring (bicyclic) bond motifs is 3. The second kappa shape index (κ2) is 7.21. The number of hydrogen-bond donors (Lipinski definition) is 0. The molecule has 0 aliphatic carbocycles. The van der Waals surface area contributed by atoms with Gasteiger partial charge in [0.2, 0.25) is 6.23 Å². The van der Waals surface area contributed by atoms with Crippen molar-refractivity contribution >= 4 is 27.3 Å². The summed E-state index contributed by atoms with van der Waals surface area (Å²) in [6.45, 7) is 0. The van der Waals surface area contributed by atoms with E-state index in [1.807, 2.05) is 23.2 Å². The van der Waals surface area contributed by atoms with E-state index in [4.69, 9.17) is 9.84 Å². The number of rotatable bonds is 3. The first-order chi connectivity index (χ1) is 14.5. The van der Waals surface area contributed by atoms with Crippen LogP contribution < -0.4 is 4.74 Å². The Bertz CT molecular complexity index is 1180. The standard InChI is InChI=1S/C22H15BrFN3O3/c23-15-6-9-21-18(11-15)20-12-19(13-4-7-16(24)8-5-13)25-26(20)22(30-21)14-2-1-3-17(10-14)27(28)29/h1-11,20,22H,12H2/t20-,22-/m1/s1. The number of nitrogens with zero attached hydrogens (tertiary/aromatic N) is 3. The van der Waals surface area contributed by atoms with Gasteiger partial charge in [-0.25, -0.2) is 9.40 Å². The van der Waals surface area contributed by atoms with E-state index >= 15 is 0 Å². The molecular weight excluding hydrogens is 453 g/mol. The van der Waals surface area contributed by atoms with E-state index in [9.17, 15) is 14.5 Å². The molecule has 5 rings (SSSR count). The molecule has 30 heavy (non-hydrogen) atoms. The number of non-ortho nitro benzene ring substituents is 1. The third-order valence-electron chi connectivity index (χ3n) is 5.30. The topological polar surface area (TPSA) is 68.0 Å². The first-order valence-electron chi connectivity index (χ1n) is 9.32. The van der Waals surface area contributed by atoms with Gasteiger partial charge in [0.25, 0.3) is 5.69 Å². The van der Waals surface area contributed by atoms with Gasteiger partial charge in [-0.1, -0.05) is 40.2 Å². The van der Waals surface area contributed by atoms with Gasteiger partial charge >= 0.3 is 0 Å². The third-order valence-corrected chi connectivity index (χ3v) is 5.79. The Balaban J connectivity index is 1.60. The molecule has 2 aliphatic rings. The predicted molar refractivity (Wildman–Crippen MR) is 113 cm³/mol. The maximum Gasteiger partial charge on any atom is 0.269 e. The first-order valence-corrected chi connectivity index (χ1v) is 10.1. The van der Waals surface area contributed by atoms with Crippen molar-refractivity contribution in [3.63, 3.8) is 0 Å². The van der Waals surface area contributed by atoms with Crippen LogP contribution in [0.25, 0.3) is 0 Å². The summed E-state index contributed by atoms with van der Waals surface area (Å²) in [4.78, 5) is 10.8. The summed E-state index contributed by atoms with van der Waals surface area (Å²) in [7, 11) is 0. The van der Waals surface area contributed by atoms with Crippen molar-refractivity contribution in [3.05, 3.63) is 104 Å². The minimum Gasteiger partial charge on any atom is -0.464 e. The van der Waals surface area contributed by atoms with E-state index in [1.165, 1.54) is 24.3 Å². The number of hydrogen-bond acceptors (Lipinski definition) is 5. The smallest absolute Gasteiger partial charge is 0.269 e. The molecule has 0 radical (unpaired) electrons. The van der Waals surface area contributed by atoms with Gasteiger partial charge in [0, 0.05) is 34.2 Å². The van der Waals surface area contributed by atoms with Crippen molar-refractivity contribution in [2.45, 2.75) is 18.7 Å². The summed E-state index contributed by atoms with van der Waals surface area (Å²) in [5.41, 5.74) is 3.27. The van der Waals surface area contributed by atoms with Crippen LogP contribution in [0.2, 0.25) is 0 Å². The normalized spacial score (nSPS) is 19.5. The van der Waals surface area contributed by atoms with Crippen LogP contribution in [0.5, 0.6) is 5.75 Å². The second-order valence-electron chi connectivity index (χ2n) is 7.16. The zero-order valence-electron chi connectivity index (χ0n) is 15.5. The zero-order valence-corrected chi connectivity index (χ0v) is 17.1. The van der Waals surface area contributed by atoms with Gasteiger partial charge in [0.15, 0.2) is 0 Å². The van der Waals surface area contributed by atoms with Crippen molar-refractivity contribution in [1.29, 1.82) is 0 Å². The van der Waals surface area contributed by atoms with E-state index in [-0.39, 0.29) is 17.5 Å². The summed E-state index contributed by atoms with van der Waals surface area (Å²) in [5, 5.41) is 17.9. The second-order valence-corrected chi connectivity index (χ2v) is 8.07. The minimum absolute atomic E-state index is 0.00353. The van der Waals surface area contributed by atoms with Gasteiger partial charge in [-0.15, -0.1) is 0 Å². The number of benzene rings is 3. The lowest BCUT2D eigenvalue weighted by Gasteiger charge is -2.38. The monoisotopic (exact) mass is 467 g/mol. The summed E-state index contributed by atoms with van der Waals surface area (Å²) in [6, 6.07) is 18.3. The fourth-order valence-corrected chi connectivity index (χ4v) is 4.27. The molecule has 0 aromatic heterocycles. The van der Waals surface area contributed by atoms with Crippen molar-refractivity contribution in [1.82, 2.24) is 5.01 Å². The molecule has 3 aromatic rings. The molecule has 150 valence electrons. The highest BCUT2D eigenvalue weighted by Gasteiger charge is 2.41. The van der Waals surface area contributed by atoms with Crippen molar-refractivity contribution in [2.24, 2.45) is 5.10 Å². The minimum atomic E-state index is -0.610.